The Labute approximate surface area is 119 Å². The molecule has 0 saturated carbocycles. The summed E-state index contributed by atoms with van der Waals surface area (Å²) in [7, 11) is 1.83. The fourth-order valence-electron chi connectivity index (χ4n) is 2.93. The lowest BCUT2D eigenvalue weighted by atomic mass is 10.1. The van der Waals surface area contributed by atoms with Crippen LogP contribution in [0.2, 0.25) is 0 Å². The Balaban J connectivity index is 1.84. The van der Waals surface area contributed by atoms with E-state index in [1.54, 1.807) is 4.57 Å². The van der Waals surface area contributed by atoms with Crippen molar-refractivity contribution in [2.24, 2.45) is 7.05 Å². The number of aromatic nitrogens is 2. The molecule has 0 radical (unpaired) electrons. The average molecular weight is 271 g/mol. The molecule has 4 nitrogen and oxygen atoms in total. The Bertz CT molecular complexity index is 656. The van der Waals surface area contributed by atoms with Crippen LogP contribution in [0.1, 0.15) is 25.1 Å². The Kier molecular flexibility index (Phi) is 3.83. The summed E-state index contributed by atoms with van der Waals surface area (Å²) in [5.41, 5.74) is 0.869. The molecular weight excluding hydrogens is 250 g/mol. The highest BCUT2D eigenvalue weighted by molar-refractivity contribution is 5.77. The monoisotopic (exact) mass is 271 g/mol. The number of nitrogens with zero attached hydrogens (tertiary/aromatic N) is 3. The second-order valence-electron chi connectivity index (χ2n) is 5.56. The molecule has 1 aromatic carbocycles. The predicted octanol–water partition coefficient (Wildman–Crippen LogP) is 1.96. The average Bonchev–Trinajstić information content (AvgIpc) is 2.50. The second kappa shape index (κ2) is 5.75. The molecule has 0 aliphatic carbocycles. The third-order valence-electron chi connectivity index (χ3n) is 4.18. The molecule has 1 saturated heterocycles. The van der Waals surface area contributed by atoms with Crippen LogP contribution in [0, 0.1) is 0 Å². The van der Waals surface area contributed by atoms with Gasteiger partial charge in [-0.25, -0.2) is 4.98 Å². The second-order valence-corrected chi connectivity index (χ2v) is 5.56. The molecule has 1 aliphatic heterocycles. The number of benzene rings is 1. The maximum atomic E-state index is 12.3. The van der Waals surface area contributed by atoms with Crippen LogP contribution in [0.3, 0.4) is 0 Å². The summed E-state index contributed by atoms with van der Waals surface area (Å²) in [6, 6.07) is 7.59. The zero-order chi connectivity index (χ0) is 13.9. The molecule has 20 heavy (non-hydrogen) atoms. The third kappa shape index (κ3) is 2.61. The van der Waals surface area contributed by atoms with Crippen LogP contribution < -0.4 is 5.56 Å². The van der Waals surface area contributed by atoms with Crippen molar-refractivity contribution >= 4 is 10.9 Å². The topological polar surface area (TPSA) is 38.1 Å². The maximum absolute atomic E-state index is 12.3. The molecule has 2 aromatic rings. The van der Waals surface area contributed by atoms with Crippen molar-refractivity contribution in [2.45, 2.75) is 25.7 Å². The Morgan fingerprint density at radius 2 is 1.90 bits per heavy atom. The van der Waals surface area contributed by atoms with Gasteiger partial charge in [-0.3, -0.25) is 9.36 Å². The van der Waals surface area contributed by atoms with Crippen molar-refractivity contribution in [3.8, 4) is 0 Å². The van der Waals surface area contributed by atoms with Crippen molar-refractivity contribution in [3.05, 3.63) is 40.4 Å². The van der Waals surface area contributed by atoms with Crippen molar-refractivity contribution in [1.82, 2.24) is 14.5 Å². The predicted molar refractivity (Wildman–Crippen MR) is 81.0 cm³/mol. The van der Waals surface area contributed by atoms with E-state index in [0.717, 1.165) is 24.3 Å². The van der Waals surface area contributed by atoms with Crippen LogP contribution in [-0.2, 0) is 13.5 Å². The van der Waals surface area contributed by atoms with E-state index in [0.29, 0.717) is 5.39 Å². The lowest BCUT2D eigenvalue weighted by Crippen LogP contribution is -2.33. The van der Waals surface area contributed by atoms with Gasteiger partial charge in [0.05, 0.1) is 10.9 Å². The van der Waals surface area contributed by atoms with Crippen molar-refractivity contribution < 1.29 is 0 Å². The summed E-state index contributed by atoms with van der Waals surface area (Å²) < 4.78 is 1.70. The van der Waals surface area contributed by atoms with E-state index in [1.165, 1.54) is 32.4 Å². The Hall–Kier alpha value is -1.68. The number of hydrogen-bond donors (Lipinski definition) is 0. The minimum Gasteiger partial charge on any atom is -0.303 e. The summed E-state index contributed by atoms with van der Waals surface area (Å²) in [6.07, 6.45) is 4.79. The standard InChI is InChI=1S/C16H21N3O/c1-18-15(9-12-19-10-5-2-6-11-19)17-14-8-4-3-7-13(14)16(18)20/h3-4,7-8H,2,5-6,9-12H2,1H3. The normalized spacial score (nSPS) is 16.6. The van der Waals surface area contributed by atoms with Crippen LogP contribution in [0.25, 0.3) is 10.9 Å². The lowest BCUT2D eigenvalue weighted by molar-refractivity contribution is 0.229. The fraction of sp³-hybridized carbons (Fsp3) is 0.500. The van der Waals surface area contributed by atoms with Gasteiger partial charge >= 0.3 is 0 Å². The third-order valence-corrected chi connectivity index (χ3v) is 4.18. The molecule has 0 spiro atoms. The van der Waals surface area contributed by atoms with Crippen LogP contribution in [-0.4, -0.2) is 34.1 Å². The molecule has 0 atom stereocenters. The molecule has 0 N–H and O–H groups in total. The molecule has 106 valence electrons. The number of para-hydroxylation sites is 1. The summed E-state index contributed by atoms with van der Waals surface area (Å²) in [5, 5.41) is 0.705. The van der Waals surface area contributed by atoms with Gasteiger partial charge in [-0.2, -0.15) is 0 Å². The van der Waals surface area contributed by atoms with Crippen LogP contribution in [0.15, 0.2) is 29.1 Å². The zero-order valence-electron chi connectivity index (χ0n) is 12.0. The molecule has 4 heteroatoms. The summed E-state index contributed by atoms with van der Waals surface area (Å²) >= 11 is 0. The highest BCUT2D eigenvalue weighted by Gasteiger charge is 2.12. The minimum atomic E-state index is 0.0595. The van der Waals surface area contributed by atoms with Crippen molar-refractivity contribution in [2.75, 3.05) is 19.6 Å². The molecule has 1 aliphatic rings. The molecule has 0 bridgehead atoms. The van der Waals surface area contributed by atoms with E-state index in [-0.39, 0.29) is 5.56 Å². The minimum absolute atomic E-state index is 0.0595. The first-order chi connectivity index (χ1) is 9.75. The van der Waals surface area contributed by atoms with Crippen molar-refractivity contribution in [1.29, 1.82) is 0 Å². The van der Waals surface area contributed by atoms with E-state index >= 15 is 0 Å². The summed E-state index contributed by atoms with van der Waals surface area (Å²) in [5.74, 6) is 0.888. The smallest absolute Gasteiger partial charge is 0.261 e. The molecule has 3 rings (SSSR count). The van der Waals surface area contributed by atoms with Crippen LogP contribution in [0.5, 0.6) is 0 Å². The highest BCUT2D eigenvalue weighted by Crippen LogP contribution is 2.11. The molecule has 0 unspecified atom stereocenters. The number of likely N-dealkylation sites (tertiary alicyclic amines) is 1. The first-order valence-corrected chi connectivity index (χ1v) is 7.43. The number of rotatable bonds is 3. The number of piperidine rings is 1. The fourth-order valence-corrected chi connectivity index (χ4v) is 2.93. The van der Waals surface area contributed by atoms with Gasteiger partial charge in [0.1, 0.15) is 5.82 Å². The quantitative estimate of drug-likeness (QED) is 0.856. The van der Waals surface area contributed by atoms with Crippen LogP contribution >= 0.6 is 0 Å². The van der Waals surface area contributed by atoms with Gasteiger partial charge in [0.2, 0.25) is 0 Å². The van der Waals surface area contributed by atoms with Gasteiger partial charge in [0.25, 0.3) is 5.56 Å². The summed E-state index contributed by atoms with van der Waals surface area (Å²) in [4.78, 5) is 19.4. The zero-order valence-corrected chi connectivity index (χ0v) is 12.0. The van der Waals surface area contributed by atoms with Gasteiger partial charge in [0, 0.05) is 20.0 Å². The van der Waals surface area contributed by atoms with E-state index in [1.807, 2.05) is 31.3 Å². The molecule has 0 amide bonds. The Morgan fingerprint density at radius 1 is 1.15 bits per heavy atom. The highest BCUT2D eigenvalue weighted by atomic mass is 16.1. The largest absolute Gasteiger partial charge is 0.303 e. The SMILES string of the molecule is Cn1c(CCN2CCCCC2)nc2ccccc2c1=O. The first-order valence-electron chi connectivity index (χ1n) is 7.43. The van der Waals surface area contributed by atoms with Gasteiger partial charge < -0.3 is 4.90 Å². The van der Waals surface area contributed by atoms with Gasteiger partial charge in [0.15, 0.2) is 0 Å². The lowest BCUT2D eigenvalue weighted by Gasteiger charge is -2.26. The number of fused-ring (bicyclic) bond motifs is 1. The summed E-state index contributed by atoms with van der Waals surface area (Å²) in [6.45, 7) is 3.36. The first kappa shape index (κ1) is 13.3. The van der Waals surface area contributed by atoms with Crippen molar-refractivity contribution in [3.63, 3.8) is 0 Å². The van der Waals surface area contributed by atoms with E-state index in [2.05, 4.69) is 9.88 Å². The van der Waals surface area contributed by atoms with Gasteiger partial charge in [-0.15, -0.1) is 0 Å². The van der Waals surface area contributed by atoms with E-state index in [4.69, 9.17) is 0 Å². The van der Waals surface area contributed by atoms with E-state index < -0.39 is 0 Å². The molecule has 2 heterocycles. The maximum Gasteiger partial charge on any atom is 0.261 e. The van der Waals surface area contributed by atoms with Gasteiger partial charge in [-0.1, -0.05) is 18.6 Å². The molecule has 1 fully saturated rings. The molecule has 1 aromatic heterocycles. The van der Waals surface area contributed by atoms with E-state index in [9.17, 15) is 4.79 Å². The van der Waals surface area contributed by atoms with Crippen LogP contribution in [0.4, 0.5) is 0 Å². The Morgan fingerprint density at radius 3 is 2.70 bits per heavy atom. The van der Waals surface area contributed by atoms with Gasteiger partial charge in [-0.05, 0) is 38.1 Å². The number of hydrogen-bond acceptors (Lipinski definition) is 3. The molecular formula is C16H21N3O.